The molecule has 0 spiro atoms. The van der Waals surface area contributed by atoms with E-state index < -0.39 is 0 Å². The molecule has 3 rings (SSSR count). The molecular formula is C18H20N4O2S. The van der Waals surface area contributed by atoms with E-state index in [4.69, 9.17) is 4.74 Å². The lowest BCUT2D eigenvalue weighted by atomic mass is 10.2. The van der Waals surface area contributed by atoms with Gasteiger partial charge in [-0.15, -0.1) is 11.3 Å². The number of anilines is 3. The summed E-state index contributed by atoms with van der Waals surface area (Å²) in [4.78, 5) is 24.2. The first kappa shape index (κ1) is 17.2. The van der Waals surface area contributed by atoms with Crippen LogP contribution in [0.3, 0.4) is 0 Å². The molecule has 0 saturated carbocycles. The van der Waals surface area contributed by atoms with Crippen molar-refractivity contribution in [1.29, 1.82) is 0 Å². The van der Waals surface area contributed by atoms with Crippen LogP contribution in [0.4, 0.5) is 17.2 Å². The maximum Gasteiger partial charge on any atom is 0.348 e. The van der Waals surface area contributed by atoms with E-state index in [2.05, 4.69) is 15.3 Å². The summed E-state index contributed by atoms with van der Waals surface area (Å²) in [6.07, 6.45) is 1.50. The van der Waals surface area contributed by atoms with Gasteiger partial charge in [0.05, 0.1) is 12.0 Å². The van der Waals surface area contributed by atoms with Gasteiger partial charge in [0.1, 0.15) is 21.9 Å². The van der Waals surface area contributed by atoms with Gasteiger partial charge in [0.15, 0.2) is 0 Å². The lowest BCUT2D eigenvalue weighted by Crippen LogP contribution is -2.08. The zero-order valence-electron chi connectivity index (χ0n) is 14.7. The van der Waals surface area contributed by atoms with E-state index in [1.54, 1.807) is 6.92 Å². The number of thiophene rings is 1. The number of aromatic nitrogens is 2. The van der Waals surface area contributed by atoms with E-state index in [-0.39, 0.29) is 5.97 Å². The fourth-order valence-electron chi connectivity index (χ4n) is 2.54. The van der Waals surface area contributed by atoms with Gasteiger partial charge < -0.3 is 15.0 Å². The Morgan fingerprint density at radius 1 is 1.24 bits per heavy atom. The average Bonchev–Trinajstić information content (AvgIpc) is 2.94. The summed E-state index contributed by atoms with van der Waals surface area (Å²) in [5.74, 6) is 0.371. The Bertz CT molecular complexity index is 903. The fraction of sp³-hybridized carbons (Fsp3) is 0.278. The van der Waals surface area contributed by atoms with E-state index in [9.17, 15) is 4.79 Å². The van der Waals surface area contributed by atoms with Crippen molar-refractivity contribution in [1.82, 2.24) is 9.97 Å². The third-order valence-electron chi connectivity index (χ3n) is 3.83. The molecule has 1 aromatic carbocycles. The van der Waals surface area contributed by atoms with E-state index in [0.717, 1.165) is 27.2 Å². The van der Waals surface area contributed by atoms with Crippen LogP contribution in [0.2, 0.25) is 0 Å². The number of ether oxygens (including phenoxy) is 1. The van der Waals surface area contributed by atoms with Crippen LogP contribution in [0, 0.1) is 6.92 Å². The van der Waals surface area contributed by atoms with Crippen LogP contribution >= 0.6 is 11.3 Å². The van der Waals surface area contributed by atoms with Crippen LogP contribution in [0.25, 0.3) is 10.2 Å². The number of nitrogens with one attached hydrogen (secondary N) is 1. The molecule has 6 nitrogen and oxygen atoms in total. The van der Waals surface area contributed by atoms with Gasteiger partial charge in [-0.2, -0.15) is 0 Å². The second kappa shape index (κ2) is 7.06. The zero-order chi connectivity index (χ0) is 18.0. The van der Waals surface area contributed by atoms with Gasteiger partial charge in [-0.1, -0.05) is 0 Å². The summed E-state index contributed by atoms with van der Waals surface area (Å²) < 4.78 is 5.13. The first-order chi connectivity index (χ1) is 12.0. The second-order valence-corrected chi connectivity index (χ2v) is 6.74. The highest BCUT2D eigenvalue weighted by Gasteiger charge is 2.20. The van der Waals surface area contributed by atoms with Gasteiger partial charge in [0, 0.05) is 25.5 Å². The molecule has 0 fully saturated rings. The summed E-state index contributed by atoms with van der Waals surface area (Å²) in [6, 6.07) is 8.06. The van der Waals surface area contributed by atoms with Crippen LogP contribution in [0.5, 0.6) is 0 Å². The number of nitrogens with zero attached hydrogens (tertiary/aromatic N) is 3. The molecule has 0 radical (unpaired) electrons. The third kappa shape index (κ3) is 3.41. The minimum Gasteiger partial charge on any atom is -0.462 e. The molecule has 3 aromatic rings. The minimum atomic E-state index is -0.315. The van der Waals surface area contributed by atoms with Crippen LogP contribution < -0.4 is 10.2 Å². The molecule has 0 aliphatic carbocycles. The monoisotopic (exact) mass is 356 g/mol. The smallest absolute Gasteiger partial charge is 0.348 e. The number of aryl methyl sites for hydroxylation is 1. The Labute approximate surface area is 150 Å². The van der Waals surface area contributed by atoms with Gasteiger partial charge >= 0.3 is 5.97 Å². The number of rotatable bonds is 5. The van der Waals surface area contributed by atoms with Crippen LogP contribution in [-0.2, 0) is 4.74 Å². The fourth-order valence-corrected chi connectivity index (χ4v) is 3.58. The quantitative estimate of drug-likeness (QED) is 0.697. The van der Waals surface area contributed by atoms with Gasteiger partial charge in [-0.25, -0.2) is 14.8 Å². The maximum absolute atomic E-state index is 12.1. The van der Waals surface area contributed by atoms with Gasteiger partial charge in [0.2, 0.25) is 0 Å². The first-order valence-corrected chi connectivity index (χ1v) is 8.78. The minimum absolute atomic E-state index is 0.315. The van der Waals surface area contributed by atoms with E-state index in [0.29, 0.717) is 17.3 Å². The summed E-state index contributed by atoms with van der Waals surface area (Å²) in [5.41, 5.74) is 2.88. The summed E-state index contributed by atoms with van der Waals surface area (Å²) in [6.45, 7) is 4.04. The SMILES string of the molecule is CCOC(=O)c1sc2ncnc(Nc3ccc(N(C)C)cc3)c2c1C. The maximum atomic E-state index is 12.1. The highest BCUT2D eigenvalue weighted by molar-refractivity contribution is 7.20. The van der Waals surface area contributed by atoms with E-state index >= 15 is 0 Å². The van der Waals surface area contributed by atoms with Crippen LogP contribution in [-0.4, -0.2) is 36.6 Å². The summed E-state index contributed by atoms with van der Waals surface area (Å²) in [5, 5.41) is 4.18. The van der Waals surface area contributed by atoms with Gasteiger partial charge in [-0.05, 0) is 43.7 Å². The molecule has 0 atom stereocenters. The number of hydrogen-bond donors (Lipinski definition) is 1. The molecule has 0 unspecified atom stereocenters. The Kier molecular flexibility index (Phi) is 4.85. The van der Waals surface area contributed by atoms with Crippen molar-refractivity contribution in [2.45, 2.75) is 13.8 Å². The molecule has 1 N–H and O–H groups in total. The van der Waals surface area contributed by atoms with E-state index in [1.165, 1.54) is 17.7 Å². The average molecular weight is 356 g/mol. The highest BCUT2D eigenvalue weighted by atomic mass is 32.1. The summed E-state index contributed by atoms with van der Waals surface area (Å²) in [7, 11) is 4.00. The predicted molar refractivity (Wildman–Crippen MR) is 102 cm³/mol. The molecule has 0 aliphatic heterocycles. The molecule has 25 heavy (non-hydrogen) atoms. The third-order valence-corrected chi connectivity index (χ3v) is 5.01. The van der Waals surface area contributed by atoms with Crippen molar-refractivity contribution in [2.75, 3.05) is 30.9 Å². The Morgan fingerprint density at radius 3 is 2.60 bits per heavy atom. The molecule has 2 aromatic heterocycles. The molecular weight excluding hydrogens is 336 g/mol. The second-order valence-electron chi connectivity index (χ2n) is 5.75. The molecule has 2 heterocycles. The van der Waals surface area contributed by atoms with Gasteiger partial charge in [0.25, 0.3) is 0 Å². The standard InChI is InChI=1S/C18H20N4O2S/c1-5-24-18(23)15-11(2)14-16(19-10-20-17(14)25-15)21-12-6-8-13(9-7-12)22(3)4/h6-10H,5H2,1-4H3,(H,19,20,21). The predicted octanol–water partition coefficient (Wildman–Crippen LogP) is 3.99. The summed E-state index contributed by atoms with van der Waals surface area (Å²) >= 11 is 1.33. The molecule has 0 saturated heterocycles. The molecule has 0 aliphatic rings. The van der Waals surface area contributed by atoms with E-state index in [1.807, 2.05) is 50.2 Å². The molecule has 0 amide bonds. The topological polar surface area (TPSA) is 67.3 Å². The number of benzene rings is 1. The molecule has 130 valence electrons. The van der Waals surface area contributed by atoms with Crippen molar-refractivity contribution in [3.05, 3.63) is 41.0 Å². The number of hydrogen-bond acceptors (Lipinski definition) is 7. The lowest BCUT2D eigenvalue weighted by Gasteiger charge is -2.13. The lowest BCUT2D eigenvalue weighted by molar-refractivity contribution is 0.0531. The van der Waals surface area contributed by atoms with Crippen molar-refractivity contribution < 1.29 is 9.53 Å². The largest absolute Gasteiger partial charge is 0.462 e. The Morgan fingerprint density at radius 2 is 1.96 bits per heavy atom. The van der Waals surface area contributed by atoms with Gasteiger partial charge in [-0.3, -0.25) is 0 Å². The zero-order valence-corrected chi connectivity index (χ0v) is 15.5. The number of carbonyl (C=O) groups excluding carboxylic acids is 1. The van der Waals surface area contributed by atoms with Crippen LogP contribution in [0.15, 0.2) is 30.6 Å². The van der Waals surface area contributed by atoms with Crippen molar-refractivity contribution in [2.24, 2.45) is 0 Å². The van der Waals surface area contributed by atoms with Crippen LogP contribution in [0.1, 0.15) is 22.2 Å². The Balaban J connectivity index is 1.97. The first-order valence-electron chi connectivity index (χ1n) is 7.97. The van der Waals surface area contributed by atoms with Crippen molar-refractivity contribution >= 4 is 44.7 Å². The molecule has 7 heteroatoms. The number of carbonyl (C=O) groups is 1. The highest BCUT2D eigenvalue weighted by Crippen LogP contribution is 2.35. The van der Waals surface area contributed by atoms with Crippen molar-refractivity contribution in [3.8, 4) is 0 Å². The normalized spacial score (nSPS) is 10.7. The van der Waals surface area contributed by atoms with Crippen molar-refractivity contribution in [3.63, 3.8) is 0 Å². The Hall–Kier alpha value is -2.67. The number of esters is 1. The molecule has 0 bridgehead atoms. The number of fused-ring (bicyclic) bond motifs is 1.